The molecule has 0 atom stereocenters. The lowest BCUT2D eigenvalue weighted by atomic mass is 10.3. The number of hydrogen-bond donors (Lipinski definition) is 1. The van der Waals surface area contributed by atoms with Gasteiger partial charge in [0.25, 0.3) is 0 Å². The fourth-order valence-corrected chi connectivity index (χ4v) is 1.50. The summed E-state index contributed by atoms with van der Waals surface area (Å²) in [6, 6.07) is 12.8. The van der Waals surface area contributed by atoms with Crippen LogP contribution in [0.5, 0.6) is 11.6 Å². The van der Waals surface area contributed by atoms with Crippen LogP contribution in [-0.2, 0) is 0 Å². The molecule has 0 aliphatic carbocycles. The molecule has 1 N–H and O–H groups in total. The van der Waals surface area contributed by atoms with Crippen molar-refractivity contribution in [2.75, 3.05) is 11.9 Å². The van der Waals surface area contributed by atoms with Crippen LogP contribution in [0, 0.1) is 0 Å². The minimum atomic E-state index is 0.561. The highest BCUT2D eigenvalue weighted by Crippen LogP contribution is 2.22. The van der Waals surface area contributed by atoms with Crippen molar-refractivity contribution in [1.82, 2.24) is 4.98 Å². The Morgan fingerprint density at radius 3 is 2.65 bits per heavy atom. The summed E-state index contributed by atoms with van der Waals surface area (Å²) >= 11 is 5.80. The van der Waals surface area contributed by atoms with Crippen LogP contribution in [0.25, 0.3) is 0 Å². The zero-order chi connectivity index (χ0) is 12.1. The van der Waals surface area contributed by atoms with Gasteiger partial charge in [0.05, 0.1) is 0 Å². The van der Waals surface area contributed by atoms with Gasteiger partial charge in [-0.15, -0.1) is 0 Å². The average molecular weight is 249 g/mol. The van der Waals surface area contributed by atoms with Gasteiger partial charge in [-0.05, 0) is 37.3 Å². The third-order valence-electron chi connectivity index (χ3n) is 2.12. The molecular formula is C13H13ClN2O. The molecule has 0 bridgehead atoms. The first kappa shape index (κ1) is 11.7. The molecule has 88 valence electrons. The lowest BCUT2D eigenvalue weighted by molar-refractivity contribution is 0.463. The maximum Gasteiger partial charge on any atom is 0.221 e. The van der Waals surface area contributed by atoms with Crippen LogP contribution < -0.4 is 10.1 Å². The zero-order valence-corrected chi connectivity index (χ0v) is 10.2. The van der Waals surface area contributed by atoms with E-state index >= 15 is 0 Å². The molecule has 2 aromatic rings. The van der Waals surface area contributed by atoms with E-state index < -0.39 is 0 Å². The number of halogens is 1. The molecule has 17 heavy (non-hydrogen) atoms. The Morgan fingerprint density at radius 1 is 1.18 bits per heavy atom. The molecule has 1 heterocycles. The number of pyridine rings is 1. The number of hydrogen-bond acceptors (Lipinski definition) is 3. The van der Waals surface area contributed by atoms with E-state index in [-0.39, 0.29) is 0 Å². The molecule has 0 radical (unpaired) electrons. The molecular weight excluding hydrogens is 236 g/mol. The summed E-state index contributed by atoms with van der Waals surface area (Å²) in [4.78, 5) is 4.31. The fourth-order valence-electron chi connectivity index (χ4n) is 1.37. The molecule has 0 fully saturated rings. The Hall–Kier alpha value is -1.74. The molecule has 1 aromatic carbocycles. The number of benzene rings is 1. The van der Waals surface area contributed by atoms with Crippen molar-refractivity contribution in [2.24, 2.45) is 0 Å². The maximum absolute atomic E-state index is 5.80. The predicted molar refractivity (Wildman–Crippen MR) is 69.9 cm³/mol. The van der Waals surface area contributed by atoms with Gasteiger partial charge in [-0.3, -0.25) is 0 Å². The summed E-state index contributed by atoms with van der Waals surface area (Å²) in [5.41, 5.74) is 0. The van der Waals surface area contributed by atoms with Gasteiger partial charge in [0.15, 0.2) is 0 Å². The van der Waals surface area contributed by atoms with Crippen molar-refractivity contribution in [3.05, 3.63) is 47.5 Å². The SMILES string of the molecule is CCNc1cccc(Oc2ccc(Cl)cc2)n1. The number of nitrogens with zero attached hydrogens (tertiary/aromatic N) is 1. The van der Waals surface area contributed by atoms with E-state index in [9.17, 15) is 0 Å². The normalized spacial score (nSPS) is 10.0. The third-order valence-corrected chi connectivity index (χ3v) is 2.37. The van der Waals surface area contributed by atoms with Crippen molar-refractivity contribution in [3.63, 3.8) is 0 Å². The van der Waals surface area contributed by atoms with Crippen LogP contribution in [-0.4, -0.2) is 11.5 Å². The van der Waals surface area contributed by atoms with Crippen LogP contribution in [0.3, 0.4) is 0 Å². The van der Waals surface area contributed by atoms with E-state index in [1.165, 1.54) is 0 Å². The standard InChI is InChI=1S/C13H13ClN2O/c1-2-15-12-4-3-5-13(16-12)17-11-8-6-10(14)7-9-11/h3-9H,2H2,1H3,(H,15,16). The monoisotopic (exact) mass is 248 g/mol. The molecule has 0 unspecified atom stereocenters. The van der Waals surface area contributed by atoms with Crippen molar-refractivity contribution in [1.29, 1.82) is 0 Å². The number of anilines is 1. The van der Waals surface area contributed by atoms with E-state index in [0.29, 0.717) is 10.9 Å². The highest BCUT2D eigenvalue weighted by molar-refractivity contribution is 6.30. The number of nitrogens with one attached hydrogen (secondary N) is 1. The minimum absolute atomic E-state index is 0.561. The van der Waals surface area contributed by atoms with Crippen molar-refractivity contribution >= 4 is 17.4 Å². The summed E-state index contributed by atoms with van der Waals surface area (Å²) in [6.45, 7) is 2.85. The Morgan fingerprint density at radius 2 is 1.94 bits per heavy atom. The van der Waals surface area contributed by atoms with Gasteiger partial charge in [0.1, 0.15) is 11.6 Å². The van der Waals surface area contributed by atoms with Crippen LogP contribution >= 0.6 is 11.6 Å². The molecule has 4 heteroatoms. The van der Waals surface area contributed by atoms with Gasteiger partial charge in [-0.2, -0.15) is 4.98 Å². The maximum atomic E-state index is 5.80. The Kier molecular flexibility index (Phi) is 3.83. The summed E-state index contributed by atoms with van der Waals surface area (Å²) in [7, 11) is 0. The average Bonchev–Trinajstić information content (AvgIpc) is 2.33. The van der Waals surface area contributed by atoms with Crippen LogP contribution in [0.4, 0.5) is 5.82 Å². The molecule has 0 saturated carbocycles. The highest BCUT2D eigenvalue weighted by Gasteiger charge is 1.99. The molecule has 0 aliphatic heterocycles. The molecule has 3 nitrogen and oxygen atoms in total. The number of rotatable bonds is 4. The highest BCUT2D eigenvalue weighted by atomic mass is 35.5. The zero-order valence-electron chi connectivity index (χ0n) is 9.48. The quantitative estimate of drug-likeness (QED) is 0.889. The second-order valence-corrected chi connectivity index (χ2v) is 3.88. The second kappa shape index (κ2) is 5.55. The fraction of sp³-hybridized carbons (Fsp3) is 0.154. The van der Waals surface area contributed by atoms with Crippen LogP contribution in [0.15, 0.2) is 42.5 Å². The van der Waals surface area contributed by atoms with Crippen LogP contribution in [0.2, 0.25) is 5.02 Å². The summed E-state index contributed by atoms with van der Waals surface area (Å²) < 4.78 is 5.61. The van der Waals surface area contributed by atoms with Gasteiger partial charge in [0.2, 0.25) is 5.88 Å². The largest absolute Gasteiger partial charge is 0.439 e. The van der Waals surface area contributed by atoms with Gasteiger partial charge >= 0.3 is 0 Å². The topological polar surface area (TPSA) is 34.1 Å². The third kappa shape index (κ3) is 3.36. The van der Waals surface area contributed by atoms with Crippen molar-refractivity contribution < 1.29 is 4.74 Å². The van der Waals surface area contributed by atoms with Gasteiger partial charge < -0.3 is 10.1 Å². The second-order valence-electron chi connectivity index (χ2n) is 3.45. The lowest BCUT2D eigenvalue weighted by Gasteiger charge is -2.07. The number of aromatic nitrogens is 1. The Labute approximate surface area is 105 Å². The number of ether oxygens (including phenoxy) is 1. The lowest BCUT2D eigenvalue weighted by Crippen LogP contribution is -1.99. The van der Waals surface area contributed by atoms with E-state index in [4.69, 9.17) is 16.3 Å². The van der Waals surface area contributed by atoms with Gasteiger partial charge in [-0.25, -0.2) is 0 Å². The molecule has 2 rings (SSSR count). The van der Waals surface area contributed by atoms with Gasteiger partial charge in [-0.1, -0.05) is 17.7 Å². The van der Waals surface area contributed by atoms with Crippen molar-refractivity contribution in [3.8, 4) is 11.6 Å². The van der Waals surface area contributed by atoms with E-state index in [1.54, 1.807) is 12.1 Å². The molecule has 0 aliphatic rings. The first-order chi connectivity index (χ1) is 8.28. The van der Waals surface area contributed by atoms with E-state index in [2.05, 4.69) is 10.3 Å². The summed E-state index contributed by atoms with van der Waals surface area (Å²) in [6.07, 6.45) is 0. The summed E-state index contributed by atoms with van der Waals surface area (Å²) in [5, 5.41) is 3.82. The van der Waals surface area contributed by atoms with E-state index in [0.717, 1.165) is 18.1 Å². The Balaban J connectivity index is 2.12. The first-order valence-corrected chi connectivity index (χ1v) is 5.80. The minimum Gasteiger partial charge on any atom is -0.439 e. The predicted octanol–water partition coefficient (Wildman–Crippen LogP) is 3.96. The Bertz CT molecular complexity index is 485. The first-order valence-electron chi connectivity index (χ1n) is 5.42. The van der Waals surface area contributed by atoms with E-state index in [1.807, 2.05) is 37.3 Å². The molecule has 0 spiro atoms. The molecule has 1 aromatic heterocycles. The molecule has 0 saturated heterocycles. The molecule has 0 amide bonds. The van der Waals surface area contributed by atoms with Crippen LogP contribution in [0.1, 0.15) is 6.92 Å². The van der Waals surface area contributed by atoms with Gasteiger partial charge in [0, 0.05) is 17.6 Å². The van der Waals surface area contributed by atoms with Crippen molar-refractivity contribution in [2.45, 2.75) is 6.92 Å². The smallest absolute Gasteiger partial charge is 0.221 e. The summed E-state index contributed by atoms with van der Waals surface area (Å²) in [5.74, 6) is 2.08.